The van der Waals surface area contributed by atoms with Gasteiger partial charge in [0, 0.05) is 51.4 Å². The third-order valence-corrected chi connectivity index (χ3v) is 5.94. The highest BCUT2D eigenvalue weighted by atomic mass is 19.4. The van der Waals surface area contributed by atoms with Gasteiger partial charge in [-0.1, -0.05) is 19.3 Å². The lowest BCUT2D eigenvalue weighted by atomic mass is 9.79. The normalized spacial score (nSPS) is 22.0. The standard InChI is InChI=1S/C18H28F3N5O/c1-24-8-10-26(11-9-24)17(6-4-3-5-7-17)13-22-16(27)14-12-15(18(19,20)21)23-25(14)2/h12H,3-11,13H2,1-2H3,(H,22,27). The Morgan fingerprint density at radius 2 is 1.78 bits per heavy atom. The molecule has 0 unspecified atom stereocenters. The molecule has 27 heavy (non-hydrogen) atoms. The molecule has 0 bridgehead atoms. The number of likely N-dealkylation sites (N-methyl/N-ethyl adjacent to an activating group) is 1. The van der Waals surface area contributed by atoms with Crippen molar-refractivity contribution in [2.75, 3.05) is 39.8 Å². The van der Waals surface area contributed by atoms with Crippen molar-refractivity contribution in [2.24, 2.45) is 7.05 Å². The average molecular weight is 387 g/mol. The van der Waals surface area contributed by atoms with Crippen LogP contribution in [0.25, 0.3) is 0 Å². The van der Waals surface area contributed by atoms with Gasteiger partial charge in [0.1, 0.15) is 5.69 Å². The fourth-order valence-electron chi connectivity index (χ4n) is 4.25. The van der Waals surface area contributed by atoms with E-state index in [1.165, 1.54) is 13.5 Å². The van der Waals surface area contributed by atoms with E-state index in [1.54, 1.807) is 0 Å². The fourth-order valence-corrected chi connectivity index (χ4v) is 4.25. The number of piperazine rings is 1. The minimum absolute atomic E-state index is 0.0633. The summed E-state index contributed by atoms with van der Waals surface area (Å²) in [5.74, 6) is -0.500. The molecule has 1 amide bonds. The van der Waals surface area contributed by atoms with Crippen molar-refractivity contribution in [3.63, 3.8) is 0 Å². The van der Waals surface area contributed by atoms with Crippen LogP contribution < -0.4 is 5.32 Å². The molecule has 1 aliphatic carbocycles. The first-order chi connectivity index (χ1) is 12.7. The smallest absolute Gasteiger partial charge is 0.349 e. The lowest BCUT2D eigenvalue weighted by Gasteiger charge is -2.49. The zero-order chi connectivity index (χ0) is 19.7. The molecule has 0 atom stereocenters. The van der Waals surface area contributed by atoms with Crippen molar-refractivity contribution in [2.45, 2.75) is 43.8 Å². The Bertz CT molecular complexity index is 658. The Labute approximate surface area is 157 Å². The summed E-state index contributed by atoms with van der Waals surface area (Å²) >= 11 is 0. The molecule has 1 saturated heterocycles. The molecule has 0 spiro atoms. The van der Waals surface area contributed by atoms with Crippen molar-refractivity contribution >= 4 is 5.91 Å². The molecule has 9 heteroatoms. The number of rotatable bonds is 4. The van der Waals surface area contributed by atoms with Gasteiger partial charge < -0.3 is 10.2 Å². The Morgan fingerprint density at radius 1 is 1.15 bits per heavy atom. The van der Waals surface area contributed by atoms with Gasteiger partial charge in [0.15, 0.2) is 5.69 Å². The van der Waals surface area contributed by atoms with Gasteiger partial charge in [-0.2, -0.15) is 18.3 Å². The highest BCUT2D eigenvalue weighted by Crippen LogP contribution is 2.34. The van der Waals surface area contributed by atoms with Crippen LogP contribution in [0.3, 0.4) is 0 Å². The second-order valence-corrected chi connectivity index (χ2v) is 7.79. The Hall–Kier alpha value is -1.61. The first kappa shape index (κ1) is 20.1. The highest BCUT2D eigenvalue weighted by molar-refractivity contribution is 5.92. The first-order valence-electron chi connectivity index (χ1n) is 9.54. The molecule has 2 aliphatic rings. The number of carbonyl (C=O) groups is 1. The predicted octanol–water partition coefficient (Wildman–Crippen LogP) is 2.12. The number of amides is 1. The maximum absolute atomic E-state index is 12.8. The van der Waals surface area contributed by atoms with Gasteiger partial charge in [-0.05, 0) is 19.9 Å². The minimum Gasteiger partial charge on any atom is -0.349 e. The van der Waals surface area contributed by atoms with Crippen LogP contribution in [0, 0.1) is 0 Å². The summed E-state index contributed by atoms with van der Waals surface area (Å²) in [6, 6.07) is 0.818. The van der Waals surface area contributed by atoms with Crippen molar-refractivity contribution in [3.05, 3.63) is 17.5 Å². The van der Waals surface area contributed by atoms with E-state index in [1.807, 2.05) is 0 Å². The molecule has 1 saturated carbocycles. The lowest BCUT2D eigenvalue weighted by molar-refractivity contribution is -0.141. The zero-order valence-corrected chi connectivity index (χ0v) is 16.0. The van der Waals surface area contributed by atoms with E-state index in [0.717, 1.165) is 62.6 Å². The number of alkyl halides is 3. The number of nitrogens with one attached hydrogen (secondary N) is 1. The van der Waals surface area contributed by atoms with Crippen LogP contribution in [-0.4, -0.2) is 70.8 Å². The SMILES string of the molecule is CN1CCN(C2(CNC(=O)c3cc(C(F)(F)F)nn3C)CCCCC2)CC1. The number of nitrogens with zero attached hydrogens (tertiary/aromatic N) is 4. The van der Waals surface area contributed by atoms with Gasteiger partial charge in [-0.15, -0.1) is 0 Å². The second kappa shape index (κ2) is 7.79. The largest absolute Gasteiger partial charge is 0.435 e. The third-order valence-electron chi connectivity index (χ3n) is 5.94. The number of aryl methyl sites for hydroxylation is 1. The van der Waals surface area contributed by atoms with E-state index >= 15 is 0 Å². The summed E-state index contributed by atoms with van der Waals surface area (Å²) < 4.78 is 39.5. The summed E-state index contributed by atoms with van der Waals surface area (Å²) in [6.07, 6.45) is 0.894. The quantitative estimate of drug-likeness (QED) is 0.860. The molecule has 152 valence electrons. The fraction of sp³-hybridized carbons (Fsp3) is 0.778. The highest BCUT2D eigenvalue weighted by Gasteiger charge is 2.40. The minimum atomic E-state index is -4.55. The Kier molecular flexibility index (Phi) is 5.81. The van der Waals surface area contributed by atoms with Crippen molar-refractivity contribution in [1.29, 1.82) is 0 Å². The monoisotopic (exact) mass is 387 g/mol. The molecule has 1 aromatic rings. The summed E-state index contributed by atoms with van der Waals surface area (Å²) in [5.41, 5.74) is -1.20. The lowest BCUT2D eigenvalue weighted by Crippen LogP contribution is -2.61. The van der Waals surface area contributed by atoms with Crippen LogP contribution >= 0.6 is 0 Å². The van der Waals surface area contributed by atoms with Crippen molar-refractivity contribution < 1.29 is 18.0 Å². The van der Waals surface area contributed by atoms with E-state index in [0.29, 0.717) is 6.54 Å². The molecule has 1 aliphatic heterocycles. The van der Waals surface area contributed by atoms with E-state index < -0.39 is 17.8 Å². The van der Waals surface area contributed by atoms with E-state index in [9.17, 15) is 18.0 Å². The van der Waals surface area contributed by atoms with Gasteiger partial charge >= 0.3 is 6.18 Å². The van der Waals surface area contributed by atoms with Gasteiger partial charge in [-0.25, -0.2) is 0 Å². The molecule has 0 aromatic carbocycles. The zero-order valence-electron chi connectivity index (χ0n) is 16.0. The molecule has 2 fully saturated rings. The molecular formula is C18H28F3N5O. The molecule has 6 nitrogen and oxygen atoms in total. The molecule has 1 N–H and O–H groups in total. The number of hydrogen-bond donors (Lipinski definition) is 1. The van der Waals surface area contributed by atoms with Crippen LogP contribution in [0.4, 0.5) is 13.2 Å². The molecule has 2 heterocycles. The topological polar surface area (TPSA) is 53.4 Å². The summed E-state index contributed by atoms with van der Waals surface area (Å²) in [6.45, 7) is 4.35. The number of carbonyl (C=O) groups excluding carboxylic acids is 1. The third kappa shape index (κ3) is 4.45. The maximum Gasteiger partial charge on any atom is 0.435 e. The van der Waals surface area contributed by atoms with Crippen molar-refractivity contribution in [1.82, 2.24) is 24.9 Å². The summed E-state index contributed by atoms with van der Waals surface area (Å²) in [5, 5.41) is 6.33. The van der Waals surface area contributed by atoms with Crippen molar-refractivity contribution in [3.8, 4) is 0 Å². The Balaban J connectivity index is 1.70. The number of hydrogen-bond acceptors (Lipinski definition) is 4. The molecule has 0 radical (unpaired) electrons. The molecule has 3 rings (SSSR count). The first-order valence-corrected chi connectivity index (χ1v) is 9.54. The Morgan fingerprint density at radius 3 is 2.33 bits per heavy atom. The van der Waals surface area contributed by atoms with Crippen LogP contribution in [0.2, 0.25) is 0 Å². The average Bonchev–Trinajstić information content (AvgIpc) is 3.03. The molecular weight excluding hydrogens is 359 g/mol. The second-order valence-electron chi connectivity index (χ2n) is 7.79. The number of halogens is 3. The van der Waals surface area contributed by atoms with Gasteiger partial charge in [0.2, 0.25) is 0 Å². The van der Waals surface area contributed by atoms with Gasteiger partial charge in [0.25, 0.3) is 5.91 Å². The number of aromatic nitrogens is 2. The predicted molar refractivity (Wildman–Crippen MR) is 95.4 cm³/mol. The van der Waals surface area contributed by atoms with E-state index in [4.69, 9.17) is 0 Å². The van der Waals surface area contributed by atoms with Crippen LogP contribution in [-0.2, 0) is 13.2 Å². The van der Waals surface area contributed by atoms with E-state index in [-0.39, 0.29) is 11.2 Å². The molecule has 1 aromatic heterocycles. The van der Waals surface area contributed by atoms with Gasteiger partial charge in [0.05, 0.1) is 0 Å². The van der Waals surface area contributed by atoms with Crippen LogP contribution in [0.15, 0.2) is 6.07 Å². The summed E-state index contributed by atoms with van der Waals surface area (Å²) in [4.78, 5) is 17.3. The van der Waals surface area contributed by atoms with Crippen LogP contribution in [0.5, 0.6) is 0 Å². The maximum atomic E-state index is 12.8. The van der Waals surface area contributed by atoms with E-state index in [2.05, 4.69) is 27.3 Å². The van der Waals surface area contributed by atoms with Crippen LogP contribution in [0.1, 0.15) is 48.3 Å². The van der Waals surface area contributed by atoms with Gasteiger partial charge in [-0.3, -0.25) is 14.4 Å². The summed E-state index contributed by atoms with van der Waals surface area (Å²) in [7, 11) is 3.47.